The van der Waals surface area contributed by atoms with Gasteiger partial charge in [0.2, 0.25) is 0 Å². The second-order valence-corrected chi connectivity index (χ2v) is 4.23. The molecule has 0 unspecified atom stereocenters. The predicted molar refractivity (Wildman–Crippen MR) is 64.9 cm³/mol. The average Bonchev–Trinajstić information content (AvgIpc) is 2.66. The second kappa shape index (κ2) is 5.98. The van der Waals surface area contributed by atoms with E-state index in [1.807, 2.05) is 6.07 Å². The first-order chi connectivity index (χ1) is 7.65. The van der Waals surface area contributed by atoms with Gasteiger partial charge in [-0.15, -0.1) is 12.4 Å². The van der Waals surface area contributed by atoms with Crippen LogP contribution in [0.4, 0.5) is 4.39 Å². The van der Waals surface area contributed by atoms with Crippen molar-refractivity contribution in [2.45, 2.75) is 18.9 Å². The van der Waals surface area contributed by atoms with Crippen molar-refractivity contribution >= 4 is 18.4 Å². The van der Waals surface area contributed by atoms with E-state index >= 15 is 0 Å². The summed E-state index contributed by atoms with van der Waals surface area (Å²) in [4.78, 5) is 10.7. The summed E-state index contributed by atoms with van der Waals surface area (Å²) in [7, 11) is 0. The number of hydrogen-bond donors (Lipinski definition) is 2. The fraction of sp³-hybridized carbons (Fsp3) is 0.417. The van der Waals surface area contributed by atoms with Gasteiger partial charge in [-0.25, -0.2) is 4.39 Å². The molecule has 0 radical (unpaired) electrons. The highest BCUT2D eigenvalue weighted by Crippen LogP contribution is 2.19. The van der Waals surface area contributed by atoms with E-state index in [0.717, 1.165) is 12.0 Å². The Morgan fingerprint density at radius 3 is 2.88 bits per heavy atom. The molecule has 0 spiro atoms. The molecular formula is C12H15ClFNO2. The zero-order valence-electron chi connectivity index (χ0n) is 9.23. The molecule has 2 atom stereocenters. The van der Waals surface area contributed by atoms with Gasteiger partial charge < -0.3 is 10.4 Å². The Labute approximate surface area is 105 Å². The highest BCUT2D eigenvalue weighted by Gasteiger charge is 2.28. The molecular weight excluding hydrogens is 245 g/mol. The minimum absolute atomic E-state index is 0. The number of halogens is 2. The molecule has 1 aliphatic heterocycles. The van der Waals surface area contributed by atoms with Gasteiger partial charge in [0.05, 0.1) is 0 Å². The van der Waals surface area contributed by atoms with Gasteiger partial charge in [-0.2, -0.15) is 0 Å². The highest BCUT2D eigenvalue weighted by atomic mass is 35.5. The minimum Gasteiger partial charge on any atom is -0.480 e. The van der Waals surface area contributed by atoms with Gasteiger partial charge in [0.15, 0.2) is 0 Å². The van der Waals surface area contributed by atoms with Crippen LogP contribution in [-0.2, 0) is 11.2 Å². The van der Waals surface area contributed by atoms with E-state index in [2.05, 4.69) is 5.32 Å². The molecule has 1 aromatic carbocycles. The van der Waals surface area contributed by atoms with Crippen LogP contribution in [0.1, 0.15) is 12.0 Å². The summed E-state index contributed by atoms with van der Waals surface area (Å²) in [5.74, 6) is -0.761. The van der Waals surface area contributed by atoms with E-state index in [4.69, 9.17) is 5.11 Å². The van der Waals surface area contributed by atoms with Gasteiger partial charge in [0.1, 0.15) is 11.9 Å². The van der Waals surface area contributed by atoms with E-state index in [-0.39, 0.29) is 24.1 Å². The first kappa shape index (κ1) is 13.9. The van der Waals surface area contributed by atoms with Gasteiger partial charge in [-0.3, -0.25) is 4.79 Å². The third-order valence-electron chi connectivity index (χ3n) is 2.93. The van der Waals surface area contributed by atoms with Gasteiger partial charge in [0.25, 0.3) is 0 Å². The van der Waals surface area contributed by atoms with Crippen LogP contribution in [0, 0.1) is 11.7 Å². The topological polar surface area (TPSA) is 49.3 Å². The predicted octanol–water partition coefficient (Wildman–Crippen LogP) is 1.85. The summed E-state index contributed by atoms with van der Waals surface area (Å²) in [6.45, 7) is 0.688. The Hall–Kier alpha value is -1.13. The molecule has 1 saturated heterocycles. The number of nitrogens with one attached hydrogen (secondary N) is 1. The van der Waals surface area contributed by atoms with Crippen molar-refractivity contribution in [3.63, 3.8) is 0 Å². The van der Waals surface area contributed by atoms with Crippen molar-refractivity contribution in [3.05, 3.63) is 35.6 Å². The maximum atomic E-state index is 12.9. The standard InChI is InChI=1S/C12H14FNO2.ClH/c13-10-3-1-2-8(5-10)4-9-6-11(12(15)16)14-7-9;/h1-3,5,9,11,14H,4,6-7H2,(H,15,16);1H/t9-,11+;/m1./s1. The van der Waals surface area contributed by atoms with Crippen molar-refractivity contribution in [2.24, 2.45) is 5.92 Å². The molecule has 2 rings (SSSR count). The molecule has 1 aliphatic rings. The van der Waals surface area contributed by atoms with Gasteiger partial charge in [0, 0.05) is 0 Å². The van der Waals surface area contributed by atoms with Crippen molar-refractivity contribution in [2.75, 3.05) is 6.54 Å². The Morgan fingerprint density at radius 2 is 2.29 bits per heavy atom. The van der Waals surface area contributed by atoms with Crippen LogP contribution in [0.2, 0.25) is 0 Å². The first-order valence-corrected chi connectivity index (χ1v) is 5.36. The molecule has 2 N–H and O–H groups in total. The summed E-state index contributed by atoms with van der Waals surface area (Å²) >= 11 is 0. The summed E-state index contributed by atoms with van der Waals surface area (Å²) < 4.78 is 12.9. The zero-order valence-corrected chi connectivity index (χ0v) is 10.0. The van der Waals surface area contributed by atoms with Crippen LogP contribution in [0.25, 0.3) is 0 Å². The van der Waals surface area contributed by atoms with Gasteiger partial charge in [-0.05, 0) is 43.0 Å². The molecule has 0 bridgehead atoms. The third-order valence-corrected chi connectivity index (χ3v) is 2.93. The van der Waals surface area contributed by atoms with E-state index in [1.54, 1.807) is 6.07 Å². The van der Waals surface area contributed by atoms with Crippen LogP contribution in [-0.4, -0.2) is 23.7 Å². The van der Waals surface area contributed by atoms with Crippen molar-refractivity contribution in [3.8, 4) is 0 Å². The third kappa shape index (κ3) is 3.68. The van der Waals surface area contributed by atoms with Crippen LogP contribution in [0.5, 0.6) is 0 Å². The second-order valence-electron chi connectivity index (χ2n) is 4.23. The molecule has 3 nitrogen and oxygen atoms in total. The monoisotopic (exact) mass is 259 g/mol. The molecule has 1 aromatic rings. The normalized spacial score (nSPS) is 23.1. The Balaban J connectivity index is 0.00000144. The highest BCUT2D eigenvalue weighted by molar-refractivity contribution is 5.85. The number of carboxylic acid groups (broad SMARTS) is 1. The van der Waals surface area contributed by atoms with Gasteiger partial charge in [-0.1, -0.05) is 12.1 Å². The minimum atomic E-state index is -0.804. The number of benzene rings is 1. The van der Waals surface area contributed by atoms with Crippen molar-refractivity contribution in [1.29, 1.82) is 0 Å². The van der Waals surface area contributed by atoms with E-state index in [0.29, 0.717) is 13.0 Å². The van der Waals surface area contributed by atoms with Crippen LogP contribution in [0.15, 0.2) is 24.3 Å². The number of carbonyl (C=O) groups is 1. The molecule has 5 heteroatoms. The summed E-state index contributed by atoms with van der Waals surface area (Å²) in [6.07, 6.45) is 1.35. The fourth-order valence-corrected chi connectivity index (χ4v) is 2.15. The van der Waals surface area contributed by atoms with Crippen LogP contribution < -0.4 is 5.32 Å². The quantitative estimate of drug-likeness (QED) is 0.871. The van der Waals surface area contributed by atoms with Crippen molar-refractivity contribution < 1.29 is 14.3 Å². The fourth-order valence-electron chi connectivity index (χ4n) is 2.15. The largest absolute Gasteiger partial charge is 0.480 e. The Bertz CT molecular complexity index is 400. The van der Waals surface area contributed by atoms with Crippen molar-refractivity contribution in [1.82, 2.24) is 5.32 Å². The Kier molecular flexibility index (Phi) is 4.90. The average molecular weight is 260 g/mol. The van der Waals surface area contributed by atoms with E-state index < -0.39 is 12.0 Å². The number of rotatable bonds is 3. The molecule has 0 aromatic heterocycles. The van der Waals surface area contributed by atoms with E-state index in [9.17, 15) is 9.18 Å². The SMILES string of the molecule is Cl.O=C(O)[C@@H]1C[C@@H](Cc2cccc(F)c2)CN1. The first-order valence-electron chi connectivity index (χ1n) is 5.36. The van der Waals surface area contributed by atoms with Crippen LogP contribution in [0.3, 0.4) is 0 Å². The molecule has 0 aliphatic carbocycles. The molecule has 0 saturated carbocycles. The lowest BCUT2D eigenvalue weighted by Gasteiger charge is -2.08. The molecule has 94 valence electrons. The molecule has 1 heterocycles. The lowest BCUT2D eigenvalue weighted by atomic mass is 9.97. The molecule has 1 fully saturated rings. The number of hydrogen-bond acceptors (Lipinski definition) is 2. The zero-order chi connectivity index (χ0) is 11.5. The number of aliphatic carboxylic acids is 1. The van der Waals surface area contributed by atoms with Gasteiger partial charge >= 0.3 is 5.97 Å². The summed E-state index contributed by atoms with van der Waals surface area (Å²) in [5, 5.41) is 11.8. The molecule has 17 heavy (non-hydrogen) atoms. The lowest BCUT2D eigenvalue weighted by Crippen LogP contribution is -2.29. The lowest BCUT2D eigenvalue weighted by molar-refractivity contribution is -0.139. The smallest absolute Gasteiger partial charge is 0.320 e. The summed E-state index contributed by atoms with van der Waals surface area (Å²) in [6, 6.07) is 6.03. The maximum Gasteiger partial charge on any atom is 0.320 e. The maximum absolute atomic E-state index is 12.9. The molecule has 0 amide bonds. The summed E-state index contributed by atoms with van der Waals surface area (Å²) in [5.41, 5.74) is 0.929. The van der Waals surface area contributed by atoms with E-state index in [1.165, 1.54) is 12.1 Å². The van der Waals surface area contributed by atoms with Crippen LogP contribution >= 0.6 is 12.4 Å². The Morgan fingerprint density at radius 1 is 1.53 bits per heavy atom. The number of carboxylic acids is 1.